The summed E-state index contributed by atoms with van der Waals surface area (Å²) in [5.74, 6) is 0. The highest BCUT2D eigenvalue weighted by Gasteiger charge is 2.34. The molecule has 1 aliphatic heterocycles. The van der Waals surface area contributed by atoms with E-state index in [2.05, 4.69) is 10.0 Å². The van der Waals surface area contributed by atoms with Crippen LogP contribution in [-0.2, 0) is 14.8 Å². The Labute approximate surface area is 129 Å². The van der Waals surface area contributed by atoms with Gasteiger partial charge in [-0.15, -0.1) is 0 Å². The van der Waals surface area contributed by atoms with E-state index in [0.717, 1.165) is 25.5 Å². The summed E-state index contributed by atoms with van der Waals surface area (Å²) in [5, 5.41) is 14.0. The molecule has 1 aliphatic rings. The summed E-state index contributed by atoms with van der Waals surface area (Å²) in [6, 6.07) is 4.99. The second-order valence-corrected chi connectivity index (χ2v) is 7.09. The summed E-state index contributed by atoms with van der Waals surface area (Å²) in [5.41, 5.74) is -0.684. The van der Waals surface area contributed by atoms with Gasteiger partial charge in [0.05, 0.1) is 22.0 Å². The zero-order chi connectivity index (χ0) is 16.2. The Bertz CT molecular complexity index is 641. The molecule has 0 spiro atoms. The van der Waals surface area contributed by atoms with Crippen molar-refractivity contribution in [3.8, 4) is 0 Å². The average molecular weight is 329 g/mol. The van der Waals surface area contributed by atoms with E-state index in [1.54, 1.807) is 7.11 Å². The van der Waals surface area contributed by atoms with Gasteiger partial charge in [0.1, 0.15) is 0 Å². The molecule has 122 valence electrons. The van der Waals surface area contributed by atoms with Gasteiger partial charge >= 0.3 is 0 Å². The molecule has 0 saturated carbocycles. The molecule has 1 aromatic rings. The normalized spacial score (nSPS) is 21.9. The quantitative estimate of drug-likeness (QED) is 0.561. The van der Waals surface area contributed by atoms with E-state index in [9.17, 15) is 18.5 Å². The minimum absolute atomic E-state index is 0.118. The lowest BCUT2D eigenvalue weighted by molar-refractivity contribution is -0.385. The molecule has 0 aliphatic carbocycles. The third kappa shape index (κ3) is 3.80. The van der Waals surface area contributed by atoms with E-state index < -0.39 is 20.5 Å². The average Bonchev–Trinajstić information content (AvgIpc) is 2.95. The van der Waals surface area contributed by atoms with E-state index in [1.165, 1.54) is 18.2 Å². The highest BCUT2D eigenvalue weighted by molar-refractivity contribution is 7.89. The molecule has 0 amide bonds. The predicted octanol–water partition coefficient (Wildman–Crippen LogP) is 0.642. The van der Waals surface area contributed by atoms with Crippen LogP contribution in [-0.4, -0.2) is 45.7 Å². The van der Waals surface area contributed by atoms with Crippen LogP contribution in [0.4, 0.5) is 5.69 Å². The van der Waals surface area contributed by atoms with E-state index in [0.29, 0.717) is 6.61 Å². The lowest BCUT2D eigenvalue weighted by Crippen LogP contribution is -2.52. The number of nitrogens with one attached hydrogen (secondary N) is 2. The molecule has 8 nitrogen and oxygen atoms in total. The molecule has 1 saturated heterocycles. The van der Waals surface area contributed by atoms with Crippen LogP contribution in [0.15, 0.2) is 29.2 Å². The van der Waals surface area contributed by atoms with Crippen molar-refractivity contribution < 1.29 is 18.1 Å². The van der Waals surface area contributed by atoms with Gasteiger partial charge in [0, 0.05) is 25.8 Å². The number of benzene rings is 1. The van der Waals surface area contributed by atoms with Crippen LogP contribution >= 0.6 is 0 Å². The van der Waals surface area contributed by atoms with Gasteiger partial charge in [0.15, 0.2) is 0 Å². The molecule has 2 N–H and O–H groups in total. The minimum atomic E-state index is -3.81. The molecule has 0 bridgehead atoms. The first-order valence-corrected chi connectivity index (χ1v) is 8.35. The molecule has 0 aromatic heterocycles. The fraction of sp³-hybridized carbons (Fsp3) is 0.538. The topological polar surface area (TPSA) is 111 Å². The van der Waals surface area contributed by atoms with Gasteiger partial charge in [0.2, 0.25) is 10.0 Å². The Balaban J connectivity index is 2.14. The number of rotatable bonds is 7. The third-order valence-electron chi connectivity index (χ3n) is 3.69. The lowest BCUT2D eigenvalue weighted by Gasteiger charge is -2.28. The fourth-order valence-electron chi connectivity index (χ4n) is 2.55. The number of nitrogens with zero attached hydrogens (tertiary/aromatic N) is 1. The summed E-state index contributed by atoms with van der Waals surface area (Å²) < 4.78 is 32.3. The van der Waals surface area contributed by atoms with E-state index in [-0.39, 0.29) is 17.1 Å². The first kappa shape index (κ1) is 16.8. The van der Waals surface area contributed by atoms with Gasteiger partial charge in [-0.3, -0.25) is 10.1 Å². The molecule has 1 unspecified atom stereocenters. The van der Waals surface area contributed by atoms with Crippen molar-refractivity contribution in [1.29, 1.82) is 0 Å². The zero-order valence-corrected chi connectivity index (χ0v) is 13.1. The maximum atomic E-state index is 12.3. The predicted molar refractivity (Wildman–Crippen MR) is 80.1 cm³/mol. The van der Waals surface area contributed by atoms with Crippen molar-refractivity contribution in [2.24, 2.45) is 0 Å². The van der Waals surface area contributed by atoms with Gasteiger partial charge in [-0.25, -0.2) is 13.1 Å². The Hall–Kier alpha value is -1.55. The van der Waals surface area contributed by atoms with Crippen molar-refractivity contribution in [3.63, 3.8) is 0 Å². The van der Waals surface area contributed by atoms with Gasteiger partial charge in [-0.2, -0.15) is 0 Å². The maximum Gasteiger partial charge on any atom is 0.270 e. The Morgan fingerprint density at radius 3 is 2.86 bits per heavy atom. The van der Waals surface area contributed by atoms with Gasteiger partial charge in [-0.05, 0) is 25.5 Å². The Kier molecular flexibility index (Phi) is 5.12. The van der Waals surface area contributed by atoms with Crippen molar-refractivity contribution in [3.05, 3.63) is 34.4 Å². The van der Waals surface area contributed by atoms with Crippen LogP contribution in [0.25, 0.3) is 0 Å². The number of non-ortho nitro benzene ring substituents is 1. The highest BCUT2D eigenvalue weighted by Crippen LogP contribution is 2.21. The SMILES string of the molecule is COCC1(CNS(=O)(=O)c2cccc([N+](=O)[O-])c2)CCCN1. The molecule has 1 fully saturated rings. The molecule has 2 rings (SSSR count). The third-order valence-corrected chi connectivity index (χ3v) is 5.09. The van der Waals surface area contributed by atoms with Crippen LogP contribution in [0.3, 0.4) is 0 Å². The summed E-state index contributed by atoms with van der Waals surface area (Å²) in [6.45, 7) is 1.37. The van der Waals surface area contributed by atoms with Crippen molar-refractivity contribution in [2.45, 2.75) is 23.3 Å². The van der Waals surface area contributed by atoms with E-state index in [1.807, 2.05) is 0 Å². The summed E-state index contributed by atoms with van der Waals surface area (Å²) in [4.78, 5) is 10.0. The molecular formula is C13H19N3O5S. The smallest absolute Gasteiger partial charge is 0.270 e. The first-order valence-electron chi connectivity index (χ1n) is 6.87. The van der Waals surface area contributed by atoms with Crippen molar-refractivity contribution in [1.82, 2.24) is 10.0 Å². The van der Waals surface area contributed by atoms with Crippen LogP contribution in [0.1, 0.15) is 12.8 Å². The van der Waals surface area contributed by atoms with Crippen molar-refractivity contribution in [2.75, 3.05) is 26.8 Å². The van der Waals surface area contributed by atoms with E-state index >= 15 is 0 Å². The van der Waals surface area contributed by atoms with Crippen molar-refractivity contribution >= 4 is 15.7 Å². The number of ether oxygens (including phenoxy) is 1. The Morgan fingerprint density at radius 2 is 2.27 bits per heavy atom. The Morgan fingerprint density at radius 1 is 1.50 bits per heavy atom. The molecule has 22 heavy (non-hydrogen) atoms. The molecule has 0 radical (unpaired) electrons. The van der Waals surface area contributed by atoms with Gasteiger partial charge < -0.3 is 10.1 Å². The standard InChI is InChI=1S/C13H19N3O5S/c1-21-10-13(6-3-7-14-13)9-15-22(19,20)12-5-2-4-11(8-12)16(17)18/h2,4-5,8,14-15H,3,6-7,9-10H2,1H3. The monoisotopic (exact) mass is 329 g/mol. The maximum absolute atomic E-state index is 12.3. The second-order valence-electron chi connectivity index (χ2n) is 5.32. The number of sulfonamides is 1. The minimum Gasteiger partial charge on any atom is -0.383 e. The molecule has 1 atom stereocenters. The number of hydrogen-bond donors (Lipinski definition) is 2. The molecule has 1 aromatic carbocycles. The highest BCUT2D eigenvalue weighted by atomic mass is 32.2. The van der Waals surface area contributed by atoms with E-state index in [4.69, 9.17) is 4.74 Å². The number of nitro groups is 1. The summed E-state index contributed by atoms with van der Waals surface area (Å²) in [6.07, 6.45) is 1.75. The lowest BCUT2D eigenvalue weighted by atomic mass is 9.99. The summed E-state index contributed by atoms with van der Waals surface area (Å²) in [7, 11) is -2.24. The number of nitro benzene ring substituents is 1. The van der Waals surface area contributed by atoms with Crippen LogP contribution < -0.4 is 10.0 Å². The second kappa shape index (κ2) is 6.69. The molecule has 1 heterocycles. The largest absolute Gasteiger partial charge is 0.383 e. The summed E-state index contributed by atoms with van der Waals surface area (Å²) >= 11 is 0. The van der Waals surface area contributed by atoms with Gasteiger partial charge in [0.25, 0.3) is 5.69 Å². The molecular weight excluding hydrogens is 310 g/mol. The van der Waals surface area contributed by atoms with Crippen LogP contribution in [0.5, 0.6) is 0 Å². The molecule has 9 heteroatoms. The van der Waals surface area contributed by atoms with Crippen LogP contribution in [0.2, 0.25) is 0 Å². The van der Waals surface area contributed by atoms with Gasteiger partial charge in [-0.1, -0.05) is 6.07 Å². The fourth-order valence-corrected chi connectivity index (χ4v) is 3.72. The number of methoxy groups -OCH3 is 1. The van der Waals surface area contributed by atoms with Crippen LogP contribution in [0, 0.1) is 10.1 Å². The number of hydrogen-bond acceptors (Lipinski definition) is 6. The first-order chi connectivity index (χ1) is 10.4. The zero-order valence-electron chi connectivity index (χ0n) is 12.2.